The van der Waals surface area contributed by atoms with Gasteiger partial charge in [0.25, 0.3) is 0 Å². The fourth-order valence-electron chi connectivity index (χ4n) is 3.06. The minimum Gasteiger partial charge on any atom is -0.349 e. The molecule has 1 aliphatic heterocycles. The van der Waals surface area contributed by atoms with Crippen LogP contribution in [0.4, 0.5) is 0 Å². The molecule has 136 valence electrons. The summed E-state index contributed by atoms with van der Waals surface area (Å²) in [6.45, 7) is 5.81. The monoisotopic (exact) mass is 380 g/mol. The van der Waals surface area contributed by atoms with E-state index in [4.69, 9.17) is 0 Å². The van der Waals surface area contributed by atoms with Crippen LogP contribution in [0.25, 0.3) is 0 Å². The zero-order valence-corrected chi connectivity index (χ0v) is 16.4. The lowest BCUT2D eigenvalue weighted by Crippen LogP contribution is -2.51. The van der Waals surface area contributed by atoms with Crippen molar-refractivity contribution >= 4 is 40.0 Å². The fraction of sp³-hybridized carbons (Fsp3) is 0.611. The molecule has 1 aromatic rings. The Morgan fingerprint density at radius 2 is 2.04 bits per heavy atom. The highest BCUT2D eigenvalue weighted by molar-refractivity contribution is 8.14. The Balaban J connectivity index is 1.90. The number of carbonyl (C=O) groups is 3. The minimum atomic E-state index is -0.619. The van der Waals surface area contributed by atoms with Crippen molar-refractivity contribution in [1.29, 1.82) is 0 Å². The third-order valence-corrected chi connectivity index (χ3v) is 6.05. The van der Waals surface area contributed by atoms with Gasteiger partial charge in [-0.1, -0.05) is 11.8 Å². The van der Waals surface area contributed by atoms with Gasteiger partial charge in [0.05, 0.1) is 5.92 Å². The summed E-state index contributed by atoms with van der Waals surface area (Å²) in [5.41, 5.74) is 0.479. The number of nitrogens with zero attached hydrogens (tertiary/aromatic N) is 1. The number of thiophene rings is 1. The fourth-order valence-corrected chi connectivity index (χ4v) is 4.70. The number of carbonyl (C=O) groups excluding carboxylic acids is 3. The SMILES string of the molecule is CC(C)(C)NC(=O)[C@@H](c1ccsc1)N(C(=O)[C@@H]1CSC(=O)C1)C1CC1. The molecule has 1 aromatic heterocycles. The molecular weight excluding hydrogens is 356 g/mol. The average Bonchev–Trinajstić information content (AvgIpc) is 3.02. The highest BCUT2D eigenvalue weighted by atomic mass is 32.2. The molecule has 2 heterocycles. The van der Waals surface area contributed by atoms with E-state index in [0.29, 0.717) is 5.75 Å². The van der Waals surface area contributed by atoms with E-state index in [1.54, 1.807) is 4.90 Å². The van der Waals surface area contributed by atoms with Gasteiger partial charge < -0.3 is 10.2 Å². The molecule has 0 bridgehead atoms. The third-order valence-electron chi connectivity index (χ3n) is 4.29. The lowest BCUT2D eigenvalue weighted by atomic mass is 10.0. The number of hydrogen-bond donors (Lipinski definition) is 1. The maximum absolute atomic E-state index is 13.2. The van der Waals surface area contributed by atoms with Crippen molar-refractivity contribution < 1.29 is 14.4 Å². The van der Waals surface area contributed by atoms with Gasteiger partial charge in [0.15, 0.2) is 5.12 Å². The van der Waals surface area contributed by atoms with Crippen molar-refractivity contribution in [2.45, 2.75) is 57.7 Å². The van der Waals surface area contributed by atoms with Crippen LogP contribution in [0, 0.1) is 5.92 Å². The summed E-state index contributed by atoms with van der Waals surface area (Å²) in [6, 6.07) is 1.39. The Morgan fingerprint density at radius 3 is 2.52 bits per heavy atom. The first kappa shape index (κ1) is 18.5. The van der Waals surface area contributed by atoms with Crippen LogP contribution in [0.5, 0.6) is 0 Å². The first-order valence-electron chi connectivity index (χ1n) is 8.58. The van der Waals surface area contributed by atoms with Crippen LogP contribution in [0.1, 0.15) is 51.6 Å². The van der Waals surface area contributed by atoms with Gasteiger partial charge in [0.2, 0.25) is 11.8 Å². The van der Waals surface area contributed by atoms with E-state index in [2.05, 4.69) is 5.32 Å². The van der Waals surface area contributed by atoms with Crippen molar-refractivity contribution in [1.82, 2.24) is 10.2 Å². The lowest BCUT2D eigenvalue weighted by molar-refractivity contribution is -0.145. The van der Waals surface area contributed by atoms with E-state index in [1.807, 2.05) is 37.6 Å². The molecule has 0 unspecified atom stereocenters. The maximum atomic E-state index is 13.2. The molecule has 5 nitrogen and oxygen atoms in total. The first-order chi connectivity index (χ1) is 11.8. The Hall–Kier alpha value is -1.34. The smallest absolute Gasteiger partial charge is 0.247 e. The Kier molecular flexibility index (Phi) is 5.25. The number of hydrogen-bond acceptors (Lipinski definition) is 5. The van der Waals surface area contributed by atoms with Crippen LogP contribution in [-0.2, 0) is 14.4 Å². The van der Waals surface area contributed by atoms with Gasteiger partial charge >= 0.3 is 0 Å². The van der Waals surface area contributed by atoms with Crippen LogP contribution in [0.3, 0.4) is 0 Å². The molecular formula is C18H24N2O3S2. The molecule has 2 atom stereocenters. The van der Waals surface area contributed by atoms with E-state index < -0.39 is 6.04 Å². The normalized spacial score (nSPS) is 21.9. The summed E-state index contributed by atoms with van der Waals surface area (Å²) in [4.78, 5) is 39.6. The Morgan fingerprint density at radius 1 is 1.32 bits per heavy atom. The van der Waals surface area contributed by atoms with Gasteiger partial charge in [-0.3, -0.25) is 14.4 Å². The predicted octanol–water partition coefficient (Wildman–Crippen LogP) is 2.97. The molecule has 7 heteroatoms. The molecule has 1 saturated heterocycles. The van der Waals surface area contributed by atoms with Gasteiger partial charge in [-0.2, -0.15) is 11.3 Å². The standard InChI is InChI=1S/C18H24N2O3S2/c1-18(2,3)19-16(22)15(11-6-7-24-9-11)20(13-4-5-13)17(23)12-8-14(21)25-10-12/h6-7,9,12-13,15H,4-5,8,10H2,1-3H3,(H,19,22)/t12-,15+/m0/s1. The highest BCUT2D eigenvalue weighted by Gasteiger charge is 2.45. The van der Waals surface area contributed by atoms with Crippen LogP contribution >= 0.6 is 23.1 Å². The van der Waals surface area contributed by atoms with Gasteiger partial charge in [-0.05, 0) is 56.0 Å². The van der Waals surface area contributed by atoms with E-state index in [9.17, 15) is 14.4 Å². The molecule has 1 saturated carbocycles. The van der Waals surface area contributed by atoms with Crippen LogP contribution in [0.15, 0.2) is 16.8 Å². The topological polar surface area (TPSA) is 66.5 Å². The average molecular weight is 381 g/mol. The first-order valence-corrected chi connectivity index (χ1v) is 10.5. The summed E-state index contributed by atoms with van der Waals surface area (Å²) >= 11 is 2.75. The summed E-state index contributed by atoms with van der Waals surface area (Å²) in [5, 5.41) is 6.96. The van der Waals surface area contributed by atoms with Crippen molar-refractivity contribution in [2.24, 2.45) is 5.92 Å². The molecule has 2 aliphatic rings. The van der Waals surface area contributed by atoms with Crippen LogP contribution in [0.2, 0.25) is 0 Å². The van der Waals surface area contributed by atoms with Gasteiger partial charge in [0.1, 0.15) is 6.04 Å². The highest BCUT2D eigenvalue weighted by Crippen LogP contribution is 2.39. The predicted molar refractivity (Wildman–Crippen MR) is 100 cm³/mol. The molecule has 0 aromatic carbocycles. The summed E-state index contributed by atoms with van der Waals surface area (Å²) in [6.07, 6.45) is 2.12. The summed E-state index contributed by atoms with van der Waals surface area (Å²) < 4.78 is 0. The van der Waals surface area contributed by atoms with E-state index in [0.717, 1.165) is 18.4 Å². The van der Waals surface area contributed by atoms with E-state index >= 15 is 0 Å². The van der Waals surface area contributed by atoms with Crippen molar-refractivity contribution in [3.8, 4) is 0 Å². The number of rotatable bonds is 5. The molecule has 1 N–H and O–H groups in total. The third kappa shape index (κ3) is 4.44. The van der Waals surface area contributed by atoms with Gasteiger partial charge in [-0.25, -0.2) is 0 Å². The lowest BCUT2D eigenvalue weighted by Gasteiger charge is -2.34. The molecule has 0 spiro atoms. The maximum Gasteiger partial charge on any atom is 0.247 e. The molecule has 3 rings (SSSR count). The van der Waals surface area contributed by atoms with Crippen LogP contribution < -0.4 is 5.32 Å². The summed E-state index contributed by atoms with van der Waals surface area (Å²) in [5.74, 6) is 0.0175. The van der Waals surface area contributed by atoms with Crippen molar-refractivity contribution in [3.05, 3.63) is 22.4 Å². The summed E-state index contributed by atoms with van der Waals surface area (Å²) in [7, 11) is 0. The molecule has 25 heavy (non-hydrogen) atoms. The molecule has 1 aliphatic carbocycles. The van der Waals surface area contributed by atoms with Gasteiger partial charge in [-0.15, -0.1) is 0 Å². The number of thioether (sulfide) groups is 1. The van der Waals surface area contributed by atoms with E-state index in [1.165, 1.54) is 23.1 Å². The largest absolute Gasteiger partial charge is 0.349 e. The Labute approximate surface area is 156 Å². The molecule has 2 amide bonds. The second-order valence-electron chi connectivity index (χ2n) is 7.76. The van der Waals surface area contributed by atoms with Crippen molar-refractivity contribution in [2.75, 3.05) is 5.75 Å². The zero-order valence-electron chi connectivity index (χ0n) is 14.8. The second kappa shape index (κ2) is 7.11. The molecule has 2 fully saturated rings. The van der Waals surface area contributed by atoms with Crippen molar-refractivity contribution in [3.63, 3.8) is 0 Å². The number of nitrogens with one attached hydrogen (secondary N) is 1. The second-order valence-corrected chi connectivity index (χ2v) is 9.62. The minimum absolute atomic E-state index is 0.0545. The molecule has 0 radical (unpaired) electrons. The van der Waals surface area contributed by atoms with Gasteiger partial charge in [0, 0.05) is 23.8 Å². The van der Waals surface area contributed by atoms with E-state index in [-0.39, 0.29) is 40.8 Å². The Bertz CT molecular complexity index is 662. The van der Waals surface area contributed by atoms with Crippen LogP contribution in [-0.4, -0.2) is 39.2 Å². The zero-order chi connectivity index (χ0) is 18.2. The quantitative estimate of drug-likeness (QED) is 0.853. The number of amides is 2.